The van der Waals surface area contributed by atoms with Crippen molar-refractivity contribution in [3.05, 3.63) is 29.1 Å². The summed E-state index contributed by atoms with van der Waals surface area (Å²) >= 11 is 5.91. The third-order valence-corrected chi connectivity index (χ3v) is 2.44. The van der Waals surface area contributed by atoms with Gasteiger partial charge in [-0.15, -0.1) is 0 Å². The van der Waals surface area contributed by atoms with Crippen LogP contribution in [0.15, 0.2) is 18.3 Å². The molecule has 1 heterocycles. The maximum atomic E-state index is 5.91. The van der Waals surface area contributed by atoms with Gasteiger partial charge >= 0.3 is 0 Å². The van der Waals surface area contributed by atoms with E-state index in [9.17, 15) is 0 Å². The Morgan fingerprint density at radius 3 is 2.93 bits per heavy atom. The van der Waals surface area contributed by atoms with Crippen LogP contribution in [0.1, 0.15) is 19.0 Å². The maximum Gasteiger partial charge on any atom is 0.0815 e. The molecule has 0 unspecified atom stereocenters. The molecule has 0 aliphatic carbocycles. The van der Waals surface area contributed by atoms with E-state index in [0.29, 0.717) is 5.02 Å². The Hall–Kier alpha value is -0.800. The van der Waals surface area contributed by atoms with Crippen molar-refractivity contribution in [1.29, 1.82) is 0 Å². The van der Waals surface area contributed by atoms with E-state index >= 15 is 0 Å². The van der Waals surface area contributed by atoms with Crippen molar-refractivity contribution in [1.82, 2.24) is 15.1 Å². The van der Waals surface area contributed by atoms with Crippen molar-refractivity contribution >= 4 is 11.6 Å². The molecule has 0 fully saturated rings. The average Bonchev–Trinajstić information content (AvgIpc) is 2.46. The second kappa shape index (κ2) is 5.93. The SMILES string of the molecule is C=C(CNCCC)Cn1cc(Cl)c(C)n1. The Kier molecular flexibility index (Phi) is 4.85. The van der Waals surface area contributed by atoms with Gasteiger partial charge in [0.2, 0.25) is 0 Å². The zero-order chi connectivity index (χ0) is 11.3. The van der Waals surface area contributed by atoms with Crippen LogP contribution in [-0.2, 0) is 6.54 Å². The molecule has 0 aliphatic rings. The Balaban J connectivity index is 2.37. The van der Waals surface area contributed by atoms with Gasteiger partial charge in [0.25, 0.3) is 0 Å². The van der Waals surface area contributed by atoms with E-state index in [1.165, 1.54) is 0 Å². The number of aryl methyl sites for hydroxylation is 1. The van der Waals surface area contributed by atoms with Crippen LogP contribution in [0.2, 0.25) is 5.02 Å². The van der Waals surface area contributed by atoms with E-state index in [4.69, 9.17) is 11.6 Å². The predicted octanol–water partition coefficient (Wildman–Crippen LogP) is 2.40. The van der Waals surface area contributed by atoms with Crippen molar-refractivity contribution in [3.8, 4) is 0 Å². The molecular weight excluding hydrogens is 210 g/mol. The normalized spacial score (nSPS) is 10.6. The van der Waals surface area contributed by atoms with Gasteiger partial charge in [0, 0.05) is 12.7 Å². The first-order chi connectivity index (χ1) is 7.13. The van der Waals surface area contributed by atoms with Gasteiger partial charge in [-0.25, -0.2) is 0 Å². The monoisotopic (exact) mass is 227 g/mol. The highest BCUT2D eigenvalue weighted by atomic mass is 35.5. The number of hydrogen-bond acceptors (Lipinski definition) is 2. The first-order valence-corrected chi connectivity index (χ1v) is 5.58. The van der Waals surface area contributed by atoms with E-state index in [2.05, 4.69) is 23.9 Å². The van der Waals surface area contributed by atoms with E-state index in [0.717, 1.165) is 37.3 Å². The molecule has 1 rings (SSSR count). The van der Waals surface area contributed by atoms with Gasteiger partial charge in [0.05, 0.1) is 17.3 Å². The number of hydrogen-bond donors (Lipinski definition) is 1. The molecule has 0 amide bonds. The van der Waals surface area contributed by atoms with Gasteiger partial charge in [-0.1, -0.05) is 25.1 Å². The summed E-state index contributed by atoms with van der Waals surface area (Å²) in [5, 5.41) is 8.29. The van der Waals surface area contributed by atoms with Gasteiger partial charge in [-0.2, -0.15) is 5.10 Å². The molecule has 0 saturated carbocycles. The summed E-state index contributed by atoms with van der Waals surface area (Å²) in [5.74, 6) is 0. The second-order valence-corrected chi connectivity index (χ2v) is 4.09. The minimum Gasteiger partial charge on any atom is -0.313 e. The average molecular weight is 228 g/mol. The Bertz CT molecular complexity index is 311. The van der Waals surface area contributed by atoms with Gasteiger partial charge < -0.3 is 5.32 Å². The van der Waals surface area contributed by atoms with E-state index in [1.807, 2.05) is 17.8 Å². The van der Waals surface area contributed by atoms with Crippen molar-refractivity contribution in [3.63, 3.8) is 0 Å². The minimum absolute atomic E-state index is 0.712. The molecule has 0 bridgehead atoms. The third-order valence-electron chi connectivity index (χ3n) is 2.07. The smallest absolute Gasteiger partial charge is 0.0815 e. The van der Waals surface area contributed by atoms with Crippen LogP contribution in [0.3, 0.4) is 0 Å². The van der Waals surface area contributed by atoms with Crippen molar-refractivity contribution in [2.75, 3.05) is 13.1 Å². The Labute approximate surface area is 96.1 Å². The fourth-order valence-corrected chi connectivity index (χ4v) is 1.45. The molecule has 1 N–H and O–H groups in total. The Morgan fingerprint density at radius 1 is 1.67 bits per heavy atom. The van der Waals surface area contributed by atoms with E-state index in [1.54, 1.807) is 0 Å². The lowest BCUT2D eigenvalue weighted by atomic mass is 10.3. The molecule has 15 heavy (non-hydrogen) atoms. The summed E-state index contributed by atoms with van der Waals surface area (Å²) in [7, 11) is 0. The van der Waals surface area contributed by atoms with Crippen LogP contribution in [0.4, 0.5) is 0 Å². The number of halogens is 1. The molecule has 0 spiro atoms. The first-order valence-electron chi connectivity index (χ1n) is 5.20. The van der Waals surface area contributed by atoms with Gasteiger partial charge in [-0.3, -0.25) is 4.68 Å². The quantitative estimate of drug-likeness (QED) is 0.598. The Morgan fingerprint density at radius 2 is 2.40 bits per heavy atom. The molecule has 0 aliphatic heterocycles. The largest absolute Gasteiger partial charge is 0.313 e. The summed E-state index contributed by atoms with van der Waals surface area (Å²) in [5.41, 5.74) is 1.98. The van der Waals surface area contributed by atoms with Crippen molar-refractivity contribution in [2.45, 2.75) is 26.8 Å². The molecule has 0 atom stereocenters. The predicted molar refractivity (Wildman–Crippen MR) is 64.3 cm³/mol. The van der Waals surface area contributed by atoms with Crippen LogP contribution < -0.4 is 5.32 Å². The number of nitrogens with one attached hydrogen (secondary N) is 1. The van der Waals surface area contributed by atoms with Crippen LogP contribution >= 0.6 is 11.6 Å². The van der Waals surface area contributed by atoms with Crippen LogP contribution in [0.25, 0.3) is 0 Å². The molecule has 4 heteroatoms. The van der Waals surface area contributed by atoms with Crippen LogP contribution in [-0.4, -0.2) is 22.9 Å². The molecule has 0 saturated heterocycles. The lowest BCUT2D eigenvalue weighted by Gasteiger charge is -2.06. The number of aromatic nitrogens is 2. The standard InChI is InChI=1S/C11H18ClN3/c1-4-5-13-6-9(2)7-15-8-11(12)10(3)14-15/h8,13H,2,4-7H2,1,3H3. The summed E-state index contributed by atoms with van der Waals surface area (Å²) < 4.78 is 1.83. The summed E-state index contributed by atoms with van der Waals surface area (Å²) in [4.78, 5) is 0. The highest BCUT2D eigenvalue weighted by Gasteiger charge is 2.02. The molecular formula is C11H18ClN3. The van der Waals surface area contributed by atoms with E-state index < -0.39 is 0 Å². The van der Waals surface area contributed by atoms with Crippen LogP contribution in [0, 0.1) is 6.92 Å². The lowest BCUT2D eigenvalue weighted by Crippen LogP contribution is -2.19. The molecule has 0 radical (unpaired) electrons. The molecule has 0 aromatic carbocycles. The first kappa shape index (κ1) is 12.3. The highest BCUT2D eigenvalue weighted by Crippen LogP contribution is 2.12. The van der Waals surface area contributed by atoms with E-state index in [-0.39, 0.29) is 0 Å². The summed E-state index contributed by atoms with van der Waals surface area (Å²) in [6.45, 7) is 10.6. The van der Waals surface area contributed by atoms with Gasteiger partial charge in [0.1, 0.15) is 0 Å². The molecule has 1 aromatic rings. The second-order valence-electron chi connectivity index (χ2n) is 3.69. The fraction of sp³-hybridized carbons (Fsp3) is 0.545. The van der Waals surface area contributed by atoms with Crippen molar-refractivity contribution < 1.29 is 0 Å². The van der Waals surface area contributed by atoms with Crippen molar-refractivity contribution in [2.24, 2.45) is 0 Å². The summed E-state index contributed by atoms with van der Waals surface area (Å²) in [6.07, 6.45) is 2.97. The zero-order valence-corrected chi connectivity index (χ0v) is 10.1. The number of nitrogens with zero attached hydrogens (tertiary/aromatic N) is 2. The third kappa shape index (κ3) is 4.06. The topological polar surface area (TPSA) is 29.9 Å². The molecule has 3 nitrogen and oxygen atoms in total. The molecule has 1 aromatic heterocycles. The van der Waals surface area contributed by atoms with Gasteiger partial charge in [-0.05, 0) is 25.5 Å². The highest BCUT2D eigenvalue weighted by molar-refractivity contribution is 6.31. The molecule has 84 valence electrons. The van der Waals surface area contributed by atoms with Gasteiger partial charge in [0.15, 0.2) is 0 Å². The lowest BCUT2D eigenvalue weighted by molar-refractivity contribution is 0.630. The zero-order valence-electron chi connectivity index (χ0n) is 9.39. The number of rotatable bonds is 6. The minimum atomic E-state index is 0.712. The van der Waals surface area contributed by atoms with Crippen LogP contribution in [0.5, 0.6) is 0 Å². The summed E-state index contributed by atoms with van der Waals surface area (Å²) in [6, 6.07) is 0. The maximum absolute atomic E-state index is 5.91. The fourth-order valence-electron chi connectivity index (χ4n) is 1.30.